The van der Waals surface area contributed by atoms with Crippen LogP contribution >= 0.6 is 11.8 Å². The molecule has 1 unspecified atom stereocenters. The SMILES string of the molecule is CCC1CN=C(NCC2(CCOC)CC2)S1. The summed E-state index contributed by atoms with van der Waals surface area (Å²) < 4.78 is 5.16. The smallest absolute Gasteiger partial charge is 0.156 e. The second-order valence-corrected chi connectivity index (χ2v) is 6.18. The highest BCUT2D eigenvalue weighted by molar-refractivity contribution is 8.14. The van der Waals surface area contributed by atoms with Crippen molar-refractivity contribution in [2.45, 2.75) is 37.9 Å². The van der Waals surface area contributed by atoms with E-state index in [1.54, 1.807) is 7.11 Å². The van der Waals surface area contributed by atoms with E-state index in [4.69, 9.17) is 4.74 Å². The maximum Gasteiger partial charge on any atom is 0.156 e. The summed E-state index contributed by atoms with van der Waals surface area (Å²) in [7, 11) is 1.78. The summed E-state index contributed by atoms with van der Waals surface area (Å²) in [6.45, 7) is 5.20. The highest BCUT2D eigenvalue weighted by Crippen LogP contribution is 2.48. The molecule has 1 N–H and O–H groups in total. The van der Waals surface area contributed by atoms with Crippen LogP contribution in [0.25, 0.3) is 0 Å². The van der Waals surface area contributed by atoms with Crippen molar-refractivity contribution in [3.05, 3.63) is 0 Å². The topological polar surface area (TPSA) is 33.6 Å². The fraction of sp³-hybridized carbons (Fsp3) is 0.917. The average molecular weight is 242 g/mol. The van der Waals surface area contributed by atoms with Crippen LogP contribution in [0.4, 0.5) is 0 Å². The third-order valence-corrected chi connectivity index (χ3v) is 4.89. The molecule has 0 aromatic heterocycles. The Balaban J connectivity index is 1.68. The van der Waals surface area contributed by atoms with E-state index in [1.165, 1.54) is 25.7 Å². The van der Waals surface area contributed by atoms with E-state index in [1.807, 2.05) is 11.8 Å². The van der Waals surface area contributed by atoms with E-state index in [2.05, 4.69) is 17.2 Å². The molecule has 0 aromatic rings. The first-order valence-electron chi connectivity index (χ1n) is 6.22. The predicted octanol–water partition coefficient (Wildman–Crippen LogP) is 2.27. The number of thioether (sulfide) groups is 1. The summed E-state index contributed by atoms with van der Waals surface area (Å²) in [6, 6.07) is 0. The molecule has 2 aliphatic rings. The minimum absolute atomic E-state index is 0.517. The van der Waals surface area contributed by atoms with Gasteiger partial charge in [-0.25, -0.2) is 0 Å². The van der Waals surface area contributed by atoms with Crippen LogP contribution < -0.4 is 5.32 Å². The molecule has 4 heteroatoms. The van der Waals surface area contributed by atoms with E-state index >= 15 is 0 Å². The molecule has 92 valence electrons. The Morgan fingerprint density at radius 3 is 2.94 bits per heavy atom. The highest BCUT2D eigenvalue weighted by atomic mass is 32.2. The molecule has 0 radical (unpaired) electrons. The van der Waals surface area contributed by atoms with Crippen LogP contribution in [0.2, 0.25) is 0 Å². The minimum atomic E-state index is 0.517. The number of rotatable bonds is 6. The molecule has 0 saturated heterocycles. The Morgan fingerprint density at radius 2 is 2.38 bits per heavy atom. The van der Waals surface area contributed by atoms with Gasteiger partial charge in [0.25, 0.3) is 0 Å². The summed E-state index contributed by atoms with van der Waals surface area (Å²) in [5.74, 6) is 0. The van der Waals surface area contributed by atoms with Gasteiger partial charge in [-0.05, 0) is 31.1 Å². The first-order chi connectivity index (χ1) is 7.78. The summed E-state index contributed by atoms with van der Waals surface area (Å²) >= 11 is 1.91. The summed E-state index contributed by atoms with van der Waals surface area (Å²) in [6.07, 6.45) is 5.09. The molecule has 1 fully saturated rings. The van der Waals surface area contributed by atoms with Crippen molar-refractivity contribution in [3.63, 3.8) is 0 Å². The molecular formula is C12H22N2OS. The van der Waals surface area contributed by atoms with Crippen molar-refractivity contribution in [2.24, 2.45) is 10.4 Å². The monoisotopic (exact) mass is 242 g/mol. The number of nitrogens with one attached hydrogen (secondary N) is 1. The lowest BCUT2D eigenvalue weighted by Gasteiger charge is -2.16. The molecule has 3 nitrogen and oxygen atoms in total. The maximum atomic E-state index is 5.16. The van der Waals surface area contributed by atoms with Crippen molar-refractivity contribution < 1.29 is 4.74 Å². The molecule has 1 heterocycles. The lowest BCUT2D eigenvalue weighted by atomic mass is 10.0. The predicted molar refractivity (Wildman–Crippen MR) is 70.1 cm³/mol. The van der Waals surface area contributed by atoms with Crippen LogP contribution in [0.15, 0.2) is 4.99 Å². The van der Waals surface area contributed by atoms with Crippen LogP contribution in [0.1, 0.15) is 32.6 Å². The van der Waals surface area contributed by atoms with Crippen molar-refractivity contribution in [3.8, 4) is 0 Å². The molecule has 0 spiro atoms. The Labute approximate surface area is 102 Å². The normalized spacial score (nSPS) is 26.6. The molecule has 0 aromatic carbocycles. The van der Waals surface area contributed by atoms with Gasteiger partial charge in [-0.2, -0.15) is 0 Å². The van der Waals surface area contributed by atoms with Gasteiger partial charge >= 0.3 is 0 Å². The van der Waals surface area contributed by atoms with Crippen molar-refractivity contribution in [1.29, 1.82) is 0 Å². The molecule has 0 bridgehead atoms. The molecular weight excluding hydrogens is 220 g/mol. The first-order valence-corrected chi connectivity index (χ1v) is 7.10. The summed E-state index contributed by atoms with van der Waals surface area (Å²) in [4.78, 5) is 4.54. The maximum absolute atomic E-state index is 5.16. The van der Waals surface area contributed by atoms with Gasteiger partial charge < -0.3 is 10.1 Å². The second kappa shape index (κ2) is 5.41. The van der Waals surface area contributed by atoms with E-state index in [9.17, 15) is 0 Å². The Kier molecular flexibility index (Phi) is 4.14. The van der Waals surface area contributed by atoms with Gasteiger partial charge in [0.15, 0.2) is 5.17 Å². The van der Waals surface area contributed by atoms with E-state index in [0.717, 1.165) is 24.9 Å². The van der Waals surface area contributed by atoms with Crippen LogP contribution in [0.3, 0.4) is 0 Å². The fourth-order valence-corrected chi connectivity index (χ4v) is 2.94. The number of hydrogen-bond acceptors (Lipinski definition) is 4. The number of methoxy groups -OCH3 is 1. The van der Waals surface area contributed by atoms with Crippen molar-refractivity contribution >= 4 is 16.9 Å². The number of aliphatic imine (C=N–C) groups is 1. The van der Waals surface area contributed by atoms with E-state index in [0.29, 0.717) is 10.7 Å². The Hall–Kier alpha value is -0.220. The van der Waals surface area contributed by atoms with Gasteiger partial charge in [-0.15, -0.1) is 0 Å². The quantitative estimate of drug-likeness (QED) is 0.776. The first kappa shape index (κ1) is 12.2. The Bertz CT molecular complexity index is 264. The molecule has 16 heavy (non-hydrogen) atoms. The van der Waals surface area contributed by atoms with Crippen molar-refractivity contribution in [2.75, 3.05) is 26.8 Å². The van der Waals surface area contributed by atoms with Crippen LogP contribution in [-0.4, -0.2) is 37.2 Å². The zero-order valence-corrected chi connectivity index (χ0v) is 11.1. The van der Waals surface area contributed by atoms with Crippen LogP contribution in [0, 0.1) is 5.41 Å². The third-order valence-electron chi connectivity index (χ3n) is 3.58. The van der Waals surface area contributed by atoms with Gasteiger partial charge in [-0.1, -0.05) is 18.7 Å². The molecule has 1 atom stereocenters. The summed E-state index contributed by atoms with van der Waals surface area (Å²) in [5.41, 5.74) is 0.517. The van der Waals surface area contributed by atoms with E-state index < -0.39 is 0 Å². The fourth-order valence-electron chi connectivity index (χ4n) is 2.00. The average Bonchev–Trinajstić information content (AvgIpc) is 2.93. The third kappa shape index (κ3) is 3.14. The highest BCUT2D eigenvalue weighted by Gasteiger charge is 2.42. The van der Waals surface area contributed by atoms with Gasteiger partial charge in [0, 0.05) is 25.5 Å². The molecule has 0 amide bonds. The van der Waals surface area contributed by atoms with Gasteiger partial charge in [0.1, 0.15) is 0 Å². The number of hydrogen-bond donors (Lipinski definition) is 1. The Morgan fingerprint density at radius 1 is 1.56 bits per heavy atom. The second-order valence-electron chi connectivity index (χ2n) is 4.89. The molecule has 1 aliphatic heterocycles. The van der Waals surface area contributed by atoms with Crippen LogP contribution in [-0.2, 0) is 4.74 Å². The largest absolute Gasteiger partial charge is 0.385 e. The molecule has 1 aliphatic carbocycles. The standard InChI is InChI=1S/C12H22N2OS/c1-3-10-8-13-11(16-10)14-9-12(4-5-12)6-7-15-2/h10H,3-9H2,1-2H3,(H,13,14). The summed E-state index contributed by atoms with van der Waals surface area (Å²) in [5, 5.41) is 5.38. The van der Waals surface area contributed by atoms with Gasteiger partial charge in [0.05, 0.1) is 6.54 Å². The van der Waals surface area contributed by atoms with E-state index in [-0.39, 0.29) is 0 Å². The van der Waals surface area contributed by atoms with Gasteiger partial charge in [0.2, 0.25) is 0 Å². The number of amidine groups is 1. The number of nitrogens with zero attached hydrogens (tertiary/aromatic N) is 1. The zero-order valence-electron chi connectivity index (χ0n) is 10.3. The lowest BCUT2D eigenvalue weighted by Crippen LogP contribution is -2.28. The van der Waals surface area contributed by atoms with Crippen molar-refractivity contribution in [1.82, 2.24) is 5.32 Å². The number of ether oxygens (including phenoxy) is 1. The molecule has 2 rings (SSSR count). The minimum Gasteiger partial charge on any atom is -0.385 e. The molecule has 1 saturated carbocycles. The van der Waals surface area contributed by atoms with Crippen LogP contribution in [0.5, 0.6) is 0 Å². The lowest BCUT2D eigenvalue weighted by molar-refractivity contribution is 0.173. The van der Waals surface area contributed by atoms with Gasteiger partial charge in [-0.3, -0.25) is 4.99 Å². The zero-order chi connectivity index (χ0) is 11.4.